The van der Waals surface area contributed by atoms with Crippen molar-refractivity contribution in [2.45, 2.75) is 58.6 Å². The van der Waals surface area contributed by atoms with Crippen LogP contribution >= 0.6 is 0 Å². The van der Waals surface area contributed by atoms with E-state index in [4.69, 9.17) is 4.74 Å². The van der Waals surface area contributed by atoms with Crippen LogP contribution in [0.5, 0.6) is 5.75 Å². The first kappa shape index (κ1) is 13.4. The highest BCUT2D eigenvalue weighted by molar-refractivity contribution is 5.41. The first-order valence-electron chi connectivity index (χ1n) is 7.11. The lowest BCUT2D eigenvalue weighted by molar-refractivity contribution is 0.0393. The molecule has 1 heterocycles. The molecule has 0 saturated heterocycles. The smallest absolute Gasteiger partial charge is 0.124 e. The summed E-state index contributed by atoms with van der Waals surface area (Å²) in [6.07, 6.45) is 3.34. The number of ether oxygens (including phenoxy) is 1. The van der Waals surface area contributed by atoms with E-state index in [1.807, 2.05) is 0 Å². The van der Waals surface area contributed by atoms with Gasteiger partial charge in [-0.25, -0.2) is 0 Å². The van der Waals surface area contributed by atoms with Crippen LogP contribution in [0, 0.1) is 6.92 Å². The Morgan fingerprint density at radius 2 is 2.17 bits per heavy atom. The largest absolute Gasteiger partial charge is 0.487 e. The van der Waals surface area contributed by atoms with E-state index in [-0.39, 0.29) is 5.60 Å². The first-order valence-corrected chi connectivity index (χ1v) is 7.11. The van der Waals surface area contributed by atoms with E-state index in [0.29, 0.717) is 6.04 Å². The van der Waals surface area contributed by atoms with E-state index < -0.39 is 0 Å². The minimum absolute atomic E-state index is 0.0240. The van der Waals surface area contributed by atoms with Crippen LogP contribution in [-0.4, -0.2) is 12.1 Å². The van der Waals surface area contributed by atoms with Gasteiger partial charge in [-0.1, -0.05) is 38.0 Å². The number of aryl methyl sites for hydroxylation is 1. The molecule has 0 bridgehead atoms. The average Bonchev–Trinajstić information content (AvgIpc) is 2.30. The summed E-state index contributed by atoms with van der Waals surface area (Å²) >= 11 is 0. The zero-order chi connectivity index (χ0) is 13.2. The molecule has 2 heteroatoms. The van der Waals surface area contributed by atoms with E-state index in [1.165, 1.54) is 11.1 Å². The number of hydrogen-bond acceptors (Lipinski definition) is 2. The van der Waals surface area contributed by atoms with Gasteiger partial charge in [-0.3, -0.25) is 0 Å². The summed E-state index contributed by atoms with van der Waals surface area (Å²) in [5.41, 5.74) is 2.61. The minimum Gasteiger partial charge on any atom is -0.487 e. The fraction of sp³-hybridized carbons (Fsp3) is 0.625. The van der Waals surface area contributed by atoms with E-state index >= 15 is 0 Å². The highest BCUT2D eigenvalue weighted by Crippen LogP contribution is 2.41. The Labute approximate surface area is 111 Å². The van der Waals surface area contributed by atoms with Gasteiger partial charge in [0.1, 0.15) is 11.4 Å². The van der Waals surface area contributed by atoms with Crippen molar-refractivity contribution in [3.8, 4) is 5.75 Å². The van der Waals surface area contributed by atoms with Crippen LogP contribution in [0.1, 0.15) is 57.2 Å². The van der Waals surface area contributed by atoms with Crippen molar-refractivity contribution in [3.05, 3.63) is 29.3 Å². The Bertz CT molecular complexity index is 416. The topological polar surface area (TPSA) is 21.3 Å². The van der Waals surface area contributed by atoms with Crippen molar-refractivity contribution in [2.75, 3.05) is 6.54 Å². The normalized spacial score (nSPS) is 26.6. The number of nitrogens with one attached hydrogen (secondary N) is 1. The van der Waals surface area contributed by atoms with Crippen LogP contribution in [0.25, 0.3) is 0 Å². The molecule has 0 saturated carbocycles. The van der Waals surface area contributed by atoms with Crippen molar-refractivity contribution >= 4 is 0 Å². The summed E-state index contributed by atoms with van der Waals surface area (Å²) in [5, 5.41) is 3.60. The average molecular weight is 247 g/mol. The third-order valence-corrected chi connectivity index (χ3v) is 3.76. The minimum atomic E-state index is -0.0240. The van der Waals surface area contributed by atoms with Crippen LogP contribution < -0.4 is 10.1 Å². The molecule has 1 aromatic carbocycles. The first-order chi connectivity index (χ1) is 8.58. The Morgan fingerprint density at radius 3 is 2.83 bits per heavy atom. The molecule has 100 valence electrons. The standard InChI is InChI=1S/C16H25NO/c1-5-9-16(4)11-14(17-6-2)13-10-12(3)7-8-15(13)18-16/h7-8,10,14,17H,5-6,9,11H2,1-4H3. The van der Waals surface area contributed by atoms with E-state index in [1.54, 1.807) is 0 Å². The second kappa shape index (κ2) is 5.31. The molecule has 1 aromatic rings. The van der Waals surface area contributed by atoms with Crippen molar-refractivity contribution < 1.29 is 4.74 Å². The van der Waals surface area contributed by atoms with Gasteiger partial charge in [0.05, 0.1) is 0 Å². The molecule has 0 aliphatic carbocycles. The highest BCUT2D eigenvalue weighted by atomic mass is 16.5. The van der Waals surface area contributed by atoms with Crippen LogP contribution in [0.4, 0.5) is 0 Å². The lowest BCUT2D eigenvalue weighted by Crippen LogP contribution is -2.41. The van der Waals surface area contributed by atoms with Gasteiger partial charge in [-0.15, -0.1) is 0 Å². The molecule has 1 aliphatic rings. The molecule has 0 fully saturated rings. The Balaban J connectivity index is 2.33. The number of hydrogen-bond donors (Lipinski definition) is 1. The Hall–Kier alpha value is -1.02. The molecule has 2 nitrogen and oxygen atoms in total. The monoisotopic (exact) mass is 247 g/mol. The van der Waals surface area contributed by atoms with Crippen molar-refractivity contribution in [3.63, 3.8) is 0 Å². The second-order valence-electron chi connectivity index (χ2n) is 5.66. The van der Waals surface area contributed by atoms with Crippen molar-refractivity contribution in [1.82, 2.24) is 5.32 Å². The summed E-state index contributed by atoms with van der Waals surface area (Å²) in [6.45, 7) is 9.77. The van der Waals surface area contributed by atoms with Gasteiger partial charge in [0.25, 0.3) is 0 Å². The lowest BCUT2D eigenvalue weighted by atomic mass is 9.85. The molecule has 0 spiro atoms. The maximum atomic E-state index is 6.25. The van der Waals surface area contributed by atoms with Crippen LogP contribution in [0.2, 0.25) is 0 Å². The molecule has 1 N–H and O–H groups in total. The summed E-state index contributed by atoms with van der Waals surface area (Å²) in [4.78, 5) is 0. The molecule has 2 unspecified atom stereocenters. The SMILES string of the molecule is CCCC1(C)CC(NCC)c2cc(C)ccc2O1. The molecule has 0 aromatic heterocycles. The molecule has 18 heavy (non-hydrogen) atoms. The summed E-state index contributed by atoms with van der Waals surface area (Å²) < 4.78 is 6.25. The van der Waals surface area contributed by atoms with Gasteiger partial charge in [0.15, 0.2) is 0 Å². The predicted molar refractivity (Wildman–Crippen MR) is 76.2 cm³/mol. The van der Waals surface area contributed by atoms with Gasteiger partial charge >= 0.3 is 0 Å². The third kappa shape index (κ3) is 2.69. The summed E-state index contributed by atoms with van der Waals surface area (Å²) in [5.74, 6) is 1.06. The molecule has 0 amide bonds. The third-order valence-electron chi connectivity index (χ3n) is 3.76. The van der Waals surface area contributed by atoms with E-state index in [2.05, 4.69) is 51.2 Å². The van der Waals surface area contributed by atoms with Crippen molar-refractivity contribution in [2.24, 2.45) is 0 Å². The fourth-order valence-corrected chi connectivity index (χ4v) is 2.99. The zero-order valence-electron chi connectivity index (χ0n) is 12.0. The maximum Gasteiger partial charge on any atom is 0.124 e. The Morgan fingerprint density at radius 1 is 1.39 bits per heavy atom. The van der Waals surface area contributed by atoms with Crippen LogP contribution in [0.15, 0.2) is 18.2 Å². The van der Waals surface area contributed by atoms with Gasteiger partial charge in [0, 0.05) is 18.0 Å². The number of benzene rings is 1. The maximum absolute atomic E-state index is 6.25. The molecule has 2 atom stereocenters. The molecular weight excluding hydrogens is 222 g/mol. The van der Waals surface area contributed by atoms with Crippen LogP contribution in [0.3, 0.4) is 0 Å². The number of rotatable bonds is 4. The second-order valence-corrected chi connectivity index (χ2v) is 5.66. The number of fused-ring (bicyclic) bond motifs is 1. The fourth-order valence-electron chi connectivity index (χ4n) is 2.99. The highest BCUT2D eigenvalue weighted by Gasteiger charge is 2.36. The van der Waals surface area contributed by atoms with E-state index in [9.17, 15) is 0 Å². The summed E-state index contributed by atoms with van der Waals surface area (Å²) in [7, 11) is 0. The van der Waals surface area contributed by atoms with Gasteiger partial charge in [0.2, 0.25) is 0 Å². The van der Waals surface area contributed by atoms with Gasteiger partial charge in [-0.05, 0) is 32.9 Å². The van der Waals surface area contributed by atoms with E-state index in [0.717, 1.165) is 31.6 Å². The zero-order valence-corrected chi connectivity index (χ0v) is 12.0. The van der Waals surface area contributed by atoms with Crippen molar-refractivity contribution in [1.29, 1.82) is 0 Å². The predicted octanol–water partition coefficient (Wildman–Crippen LogP) is 3.99. The Kier molecular flexibility index (Phi) is 3.96. The summed E-state index contributed by atoms with van der Waals surface area (Å²) in [6, 6.07) is 6.95. The molecule has 1 aliphatic heterocycles. The molecular formula is C16H25NO. The quantitative estimate of drug-likeness (QED) is 0.868. The molecule has 2 rings (SSSR count). The van der Waals surface area contributed by atoms with Gasteiger partial charge in [-0.2, -0.15) is 0 Å². The van der Waals surface area contributed by atoms with Gasteiger partial charge < -0.3 is 10.1 Å². The molecule has 0 radical (unpaired) electrons. The van der Waals surface area contributed by atoms with Crippen LogP contribution in [-0.2, 0) is 0 Å². The lowest BCUT2D eigenvalue weighted by Gasteiger charge is -2.40.